The van der Waals surface area contributed by atoms with Gasteiger partial charge in [0.2, 0.25) is 5.91 Å². The largest absolute Gasteiger partial charge is 0.465 e. The summed E-state index contributed by atoms with van der Waals surface area (Å²) in [6.45, 7) is 3.64. The van der Waals surface area contributed by atoms with Gasteiger partial charge in [-0.25, -0.2) is 4.79 Å². The second-order valence-electron chi connectivity index (χ2n) is 6.76. The van der Waals surface area contributed by atoms with Crippen LogP contribution in [0.2, 0.25) is 0 Å². The number of thiophene rings is 1. The second kappa shape index (κ2) is 7.92. The lowest BCUT2D eigenvalue weighted by Crippen LogP contribution is -2.18. The molecule has 142 valence electrons. The molecular weight excluding hydrogens is 364 g/mol. The van der Waals surface area contributed by atoms with Crippen molar-refractivity contribution in [2.75, 3.05) is 17.7 Å². The Morgan fingerprint density at radius 1 is 1.15 bits per heavy atom. The Hall–Kier alpha value is -2.67. The number of ether oxygens (including phenoxy) is 1. The summed E-state index contributed by atoms with van der Waals surface area (Å²) in [7, 11) is 1.32. The van der Waals surface area contributed by atoms with Gasteiger partial charge >= 0.3 is 5.97 Å². The Kier molecular flexibility index (Phi) is 5.60. The van der Waals surface area contributed by atoms with Gasteiger partial charge < -0.3 is 15.4 Å². The molecule has 3 rings (SSSR count). The predicted molar refractivity (Wildman–Crippen MR) is 106 cm³/mol. The molecule has 2 aromatic rings. The van der Waals surface area contributed by atoms with Crippen LogP contribution < -0.4 is 10.6 Å². The minimum atomic E-state index is -0.429. The molecule has 27 heavy (non-hydrogen) atoms. The van der Waals surface area contributed by atoms with Gasteiger partial charge in [0.1, 0.15) is 5.00 Å². The summed E-state index contributed by atoms with van der Waals surface area (Å²) in [5.41, 5.74) is 2.57. The van der Waals surface area contributed by atoms with E-state index < -0.39 is 5.97 Å². The third-order valence-electron chi connectivity index (χ3n) is 4.59. The lowest BCUT2D eigenvalue weighted by atomic mass is 9.88. The van der Waals surface area contributed by atoms with Crippen LogP contribution in [-0.2, 0) is 22.4 Å². The molecule has 0 bridgehead atoms. The molecule has 6 nitrogen and oxygen atoms in total. The van der Waals surface area contributed by atoms with E-state index in [1.807, 2.05) is 0 Å². The lowest BCUT2D eigenvalue weighted by molar-refractivity contribution is -0.114. The van der Waals surface area contributed by atoms with E-state index in [1.54, 1.807) is 24.3 Å². The molecule has 0 radical (unpaired) electrons. The smallest absolute Gasteiger partial charge is 0.337 e. The van der Waals surface area contributed by atoms with E-state index >= 15 is 0 Å². The van der Waals surface area contributed by atoms with Crippen LogP contribution in [0, 0.1) is 5.92 Å². The van der Waals surface area contributed by atoms with Crippen molar-refractivity contribution in [2.45, 2.75) is 33.1 Å². The second-order valence-corrected chi connectivity index (χ2v) is 7.87. The fourth-order valence-corrected chi connectivity index (χ4v) is 4.69. The minimum absolute atomic E-state index is 0.196. The van der Waals surface area contributed by atoms with E-state index in [4.69, 9.17) is 0 Å². The zero-order valence-electron chi connectivity index (χ0n) is 15.5. The number of esters is 1. The maximum Gasteiger partial charge on any atom is 0.337 e. The number of carbonyl (C=O) groups is 3. The van der Waals surface area contributed by atoms with Crippen LogP contribution in [0.25, 0.3) is 0 Å². The van der Waals surface area contributed by atoms with Gasteiger partial charge in [-0.1, -0.05) is 6.92 Å². The van der Waals surface area contributed by atoms with Crippen molar-refractivity contribution < 1.29 is 19.1 Å². The molecule has 0 unspecified atom stereocenters. The maximum absolute atomic E-state index is 13.0. The first kappa shape index (κ1) is 19.1. The minimum Gasteiger partial charge on any atom is -0.465 e. The molecule has 1 heterocycles. The third kappa shape index (κ3) is 4.19. The van der Waals surface area contributed by atoms with Crippen molar-refractivity contribution >= 4 is 39.8 Å². The molecule has 2 amide bonds. The first-order valence-corrected chi connectivity index (χ1v) is 9.62. The molecule has 0 aliphatic heterocycles. The van der Waals surface area contributed by atoms with Crippen LogP contribution in [0.3, 0.4) is 0 Å². The highest BCUT2D eigenvalue weighted by Gasteiger charge is 2.28. The first-order chi connectivity index (χ1) is 12.9. The van der Waals surface area contributed by atoms with E-state index in [1.165, 1.54) is 30.2 Å². The quantitative estimate of drug-likeness (QED) is 0.781. The third-order valence-corrected chi connectivity index (χ3v) is 5.76. The molecule has 2 N–H and O–H groups in total. The summed E-state index contributed by atoms with van der Waals surface area (Å²) in [5.74, 6) is -0.306. The standard InChI is InChI=1S/C20H22N2O4S/c1-11-4-9-15-16(10-11)27-19(21-12(2)23)17(15)18(24)22-14-7-5-13(6-8-14)20(25)26-3/h5-8,11H,4,9-10H2,1-3H3,(H,21,23)(H,22,24)/t11-/m0/s1. The molecule has 1 aromatic heterocycles. The van der Waals surface area contributed by atoms with Gasteiger partial charge in [-0.3, -0.25) is 9.59 Å². The van der Waals surface area contributed by atoms with Crippen LogP contribution in [0.4, 0.5) is 10.7 Å². The molecule has 7 heteroatoms. The number of hydrogen-bond donors (Lipinski definition) is 2. The van der Waals surface area contributed by atoms with E-state index in [0.29, 0.717) is 27.7 Å². The van der Waals surface area contributed by atoms with Crippen molar-refractivity contribution in [3.8, 4) is 0 Å². The summed E-state index contributed by atoms with van der Waals surface area (Å²) in [4.78, 5) is 37.2. The zero-order chi connectivity index (χ0) is 19.6. The summed E-state index contributed by atoms with van der Waals surface area (Å²) >= 11 is 1.49. The Morgan fingerprint density at radius 2 is 1.85 bits per heavy atom. The van der Waals surface area contributed by atoms with Gasteiger partial charge in [0.25, 0.3) is 5.91 Å². The van der Waals surface area contributed by atoms with Crippen molar-refractivity contribution in [1.29, 1.82) is 0 Å². The van der Waals surface area contributed by atoms with Crippen molar-refractivity contribution in [2.24, 2.45) is 5.92 Å². The highest BCUT2D eigenvalue weighted by atomic mass is 32.1. The van der Waals surface area contributed by atoms with E-state index in [0.717, 1.165) is 24.8 Å². The molecule has 0 saturated heterocycles. The van der Waals surface area contributed by atoms with Crippen molar-refractivity contribution in [3.63, 3.8) is 0 Å². The Labute approximate surface area is 161 Å². The van der Waals surface area contributed by atoms with Crippen LogP contribution in [0.1, 0.15) is 51.4 Å². The number of methoxy groups -OCH3 is 1. The number of hydrogen-bond acceptors (Lipinski definition) is 5. The summed E-state index contributed by atoms with van der Waals surface area (Å²) < 4.78 is 4.67. The zero-order valence-corrected chi connectivity index (χ0v) is 16.4. The highest BCUT2D eigenvalue weighted by Crippen LogP contribution is 2.40. The number of benzene rings is 1. The molecule has 0 fully saturated rings. The Morgan fingerprint density at radius 3 is 2.48 bits per heavy atom. The summed E-state index contributed by atoms with van der Waals surface area (Å²) in [6.07, 6.45) is 2.78. The SMILES string of the molecule is COC(=O)c1ccc(NC(=O)c2c(NC(C)=O)sc3c2CC[C@H](C)C3)cc1. The summed E-state index contributed by atoms with van der Waals surface area (Å²) in [6, 6.07) is 6.51. The molecule has 1 aromatic carbocycles. The number of carbonyl (C=O) groups excluding carboxylic acids is 3. The fraction of sp³-hybridized carbons (Fsp3) is 0.350. The number of rotatable bonds is 4. The molecular formula is C20H22N2O4S. The first-order valence-electron chi connectivity index (χ1n) is 8.81. The molecule has 1 aliphatic rings. The average Bonchev–Trinajstić information content (AvgIpc) is 2.97. The van der Waals surface area contributed by atoms with E-state index in [-0.39, 0.29) is 11.8 Å². The summed E-state index contributed by atoms with van der Waals surface area (Å²) in [5, 5.41) is 6.27. The van der Waals surface area contributed by atoms with Crippen LogP contribution in [0.15, 0.2) is 24.3 Å². The van der Waals surface area contributed by atoms with Crippen LogP contribution in [-0.4, -0.2) is 24.9 Å². The van der Waals surface area contributed by atoms with Gasteiger partial charge in [-0.15, -0.1) is 11.3 Å². The monoisotopic (exact) mass is 386 g/mol. The predicted octanol–water partition coefficient (Wildman–Crippen LogP) is 3.87. The van der Waals surface area contributed by atoms with Gasteiger partial charge in [0.15, 0.2) is 0 Å². The Bertz CT molecular complexity index is 886. The van der Waals surface area contributed by atoms with Crippen LogP contribution in [0.5, 0.6) is 0 Å². The topological polar surface area (TPSA) is 84.5 Å². The highest BCUT2D eigenvalue weighted by molar-refractivity contribution is 7.17. The van der Waals surface area contributed by atoms with Gasteiger partial charge in [0, 0.05) is 17.5 Å². The number of amides is 2. The maximum atomic E-state index is 13.0. The van der Waals surface area contributed by atoms with Crippen molar-refractivity contribution in [3.05, 3.63) is 45.8 Å². The molecule has 1 atom stereocenters. The average molecular weight is 386 g/mol. The molecule has 1 aliphatic carbocycles. The lowest BCUT2D eigenvalue weighted by Gasteiger charge is -2.18. The normalized spacial score (nSPS) is 15.6. The van der Waals surface area contributed by atoms with E-state index in [9.17, 15) is 14.4 Å². The van der Waals surface area contributed by atoms with Crippen molar-refractivity contribution in [1.82, 2.24) is 0 Å². The number of fused-ring (bicyclic) bond motifs is 1. The number of anilines is 2. The fourth-order valence-electron chi connectivity index (χ4n) is 3.24. The van der Waals surface area contributed by atoms with Gasteiger partial charge in [-0.2, -0.15) is 0 Å². The van der Waals surface area contributed by atoms with Gasteiger partial charge in [-0.05, 0) is 55.0 Å². The number of nitrogens with one attached hydrogen (secondary N) is 2. The molecule has 0 saturated carbocycles. The Balaban J connectivity index is 1.87. The molecule has 0 spiro atoms. The van der Waals surface area contributed by atoms with Gasteiger partial charge in [0.05, 0.1) is 18.2 Å². The van der Waals surface area contributed by atoms with E-state index in [2.05, 4.69) is 22.3 Å². The van der Waals surface area contributed by atoms with Crippen LogP contribution >= 0.6 is 11.3 Å².